The number of rotatable bonds is 3. The van der Waals surface area contributed by atoms with E-state index >= 15 is 0 Å². The zero-order chi connectivity index (χ0) is 14.2. The third-order valence-electron chi connectivity index (χ3n) is 3.69. The maximum Gasteiger partial charge on any atom is 0.124 e. The van der Waals surface area contributed by atoms with Crippen LogP contribution in [0.3, 0.4) is 0 Å². The predicted octanol–water partition coefficient (Wildman–Crippen LogP) is 2.48. The summed E-state index contributed by atoms with van der Waals surface area (Å²) in [5.74, 6) is 0.956. The largest absolute Gasteiger partial charge is 0.496 e. The lowest BCUT2D eigenvalue weighted by atomic mass is 9.95. The van der Waals surface area contributed by atoms with E-state index in [0.717, 1.165) is 22.7 Å². The Morgan fingerprint density at radius 3 is 2.53 bits per heavy atom. The molecule has 0 bridgehead atoms. The van der Waals surface area contributed by atoms with Gasteiger partial charge in [0.25, 0.3) is 0 Å². The summed E-state index contributed by atoms with van der Waals surface area (Å²) in [4.78, 5) is 4.36. The van der Waals surface area contributed by atoms with E-state index in [9.17, 15) is 0 Å². The summed E-state index contributed by atoms with van der Waals surface area (Å²) in [6.45, 7) is 6.70. The molecule has 0 atom stereocenters. The molecule has 2 rings (SSSR count). The molecular formula is C15H21N3O. The lowest BCUT2D eigenvalue weighted by molar-refractivity contribution is 0.408. The van der Waals surface area contributed by atoms with Crippen molar-refractivity contribution in [1.82, 2.24) is 9.55 Å². The van der Waals surface area contributed by atoms with Gasteiger partial charge < -0.3 is 15.0 Å². The predicted molar refractivity (Wildman–Crippen MR) is 77.3 cm³/mol. The standard InChI is InChI=1S/C15H21N3O/c1-9-6-12(10(2)11(3)15(9)19-5)14-13(7-16)17-8-18(14)4/h6,8H,7,16H2,1-5H3. The van der Waals surface area contributed by atoms with Gasteiger partial charge in [0, 0.05) is 19.2 Å². The van der Waals surface area contributed by atoms with E-state index in [2.05, 4.69) is 31.8 Å². The Balaban J connectivity index is 2.73. The number of imidazole rings is 1. The van der Waals surface area contributed by atoms with Crippen molar-refractivity contribution in [2.24, 2.45) is 12.8 Å². The molecule has 4 nitrogen and oxygen atoms in total. The van der Waals surface area contributed by atoms with Crippen molar-refractivity contribution in [3.05, 3.63) is 34.8 Å². The number of methoxy groups -OCH3 is 1. The third-order valence-corrected chi connectivity index (χ3v) is 3.69. The minimum Gasteiger partial charge on any atom is -0.496 e. The molecule has 0 saturated heterocycles. The quantitative estimate of drug-likeness (QED) is 0.921. The van der Waals surface area contributed by atoms with Gasteiger partial charge in [-0.25, -0.2) is 4.98 Å². The minimum absolute atomic E-state index is 0.444. The van der Waals surface area contributed by atoms with Gasteiger partial charge in [-0.1, -0.05) is 0 Å². The molecule has 0 aliphatic heterocycles. The van der Waals surface area contributed by atoms with E-state index in [-0.39, 0.29) is 0 Å². The molecular weight excluding hydrogens is 238 g/mol. The van der Waals surface area contributed by atoms with Crippen LogP contribution in [0.25, 0.3) is 11.3 Å². The smallest absolute Gasteiger partial charge is 0.124 e. The number of nitrogens with two attached hydrogens (primary N) is 1. The highest BCUT2D eigenvalue weighted by molar-refractivity contribution is 5.71. The van der Waals surface area contributed by atoms with Crippen LogP contribution in [-0.2, 0) is 13.6 Å². The molecule has 1 heterocycles. The van der Waals surface area contributed by atoms with Gasteiger partial charge in [-0.15, -0.1) is 0 Å². The number of nitrogens with zero attached hydrogens (tertiary/aromatic N) is 2. The van der Waals surface area contributed by atoms with Crippen LogP contribution in [-0.4, -0.2) is 16.7 Å². The van der Waals surface area contributed by atoms with Crippen LogP contribution in [0.1, 0.15) is 22.4 Å². The van der Waals surface area contributed by atoms with Crippen LogP contribution in [0.5, 0.6) is 5.75 Å². The fourth-order valence-electron chi connectivity index (χ4n) is 2.59. The van der Waals surface area contributed by atoms with E-state index < -0.39 is 0 Å². The minimum atomic E-state index is 0.444. The highest BCUT2D eigenvalue weighted by Crippen LogP contribution is 2.35. The number of aromatic nitrogens is 2. The Hall–Kier alpha value is -1.81. The molecule has 0 amide bonds. The van der Waals surface area contributed by atoms with E-state index in [0.29, 0.717) is 6.54 Å². The first-order valence-corrected chi connectivity index (χ1v) is 6.36. The van der Waals surface area contributed by atoms with E-state index in [4.69, 9.17) is 10.5 Å². The molecule has 0 aliphatic carbocycles. The average molecular weight is 259 g/mol. The maximum absolute atomic E-state index is 5.78. The van der Waals surface area contributed by atoms with Gasteiger partial charge in [0.05, 0.1) is 24.8 Å². The van der Waals surface area contributed by atoms with Crippen molar-refractivity contribution in [3.8, 4) is 17.0 Å². The molecule has 2 aromatic rings. The van der Waals surface area contributed by atoms with Crippen LogP contribution in [0.2, 0.25) is 0 Å². The SMILES string of the molecule is COc1c(C)cc(-c2c(CN)ncn2C)c(C)c1C. The fourth-order valence-corrected chi connectivity index (χ4v) is 2.59. The van der Waals surface area contributed by atoms with Crippen LogP contribution in [0.15, 0.2) is 12.4 Å². The molecule has 2 N–H and O–H groups in total. The number of aryl methyl sites for hydroxylation is 2. The number of hydrogen-bond donors (Lipinski definition) is 1. The van der Waals surface area contributed by atoms with E-state index in [1.165, 1.54) is 16.7 Å². The third kappa shape index (κ3) is 2.12. The maximum atomic E-state index is 5.78. The van der Waals surface area contributed by atoms with Crippen molar-refractivity contribution in [2.75, 3.05) is 7.11 Å². The molecule has 0 fully saturated rings. The van der Waals surface area contributed by atoms with Crippen LogP contribution in [0, 0.1) is 20.8 Å². The van der Waals surface area contributed by atoms with Gasteiger partial charge in [0.15, 0.2) is 0 Å². The first-order valence-electron chi connectivity index (χ1n) is 6.36. The molecule has 0 saturated carbocycles. The summed E-state index contributed by atoms with van der Waals surface area (Å²) in [5, 5.41) is 0. The van der Waals surface area contributed by atoms with Crippen LogP contribution in [0.4, 0.5) is 0 Å². The molecule has 0 unspecified atom stereocenters. The number of ether oxygens (including phenoxy) is 1. The summed E-state index contributed by atoms with van der Waals surface area (Å²) in [6, 6.07) is 2.15. The monoisotopic (exact) mass is 259 g/mol. The lowest BCUT2D eigenvalue weighted by Crippen LogP contribution is -2.03. The van der Waals surface area contributed by atoms with Crippen LogP contribution >= 0.6 is 0 Å². The average Bonchev–Trinajstić information content (AvgIpc) is 2.75. The number of benzene rings is 1. The van der Waals surface area contributed by atoms with Gasteiger partial charge >= 0.3 is 0 Å². The topological polar surface area (TPSA) is 53.1 Å². The van der Waals surface area contributed by atoms with Crippen molar-refractivity contribution in [3.63, 3.8) is 0 Å². The Bertz CT molecular complexity index is 614. The molecule has 0 spiro atoms. The first kappa shape index (κ1) is 13.6. The Labute approximate surface area is 114 Å². The molecule has 19 heavy (non-hydrogen) atoms. The highest BCUT2D eigenvalue weighted by atomic mass is 16.5. The molecule has 0 aliphatic rings. The normalized spacial score (nSPS) is 10.8. The van der Waals surface area contributed by atoms with Crippen molar-refractivity contribution in [2.45, 2.75) is 27.3 Å². The van der Waals surface area contributed by atoms with E-state index in [1.807, 2.05) is 17.9 Å². The van der Waals surface area contributed by atoms with Gasteiger partial charge in [-0.05, 0) is 43.5 Å². The molecule has 1 aromatic heterocycles. The first-order chi connectivity index (χ1) is 9.01. The zero-order valence-corrected chi connectivity index (χ0v) is 12.2. The number of hydrogen-bond acceptors (Lipinski definition) is 3. The van der Waals surface area contributed by atoms with Gasteiger partial charge in [0.1, 0.15) is 5.75 Å². The highest BCUT2D eigenvalue weighted by Gasteiger charge is 2.17. The molecule has 4 heteroatoms. The van der Waals surface area contributed by atoms with Crippen molar-refractivity contribution < 1.29 is 4.74 Å². The molecule has 1 aromatic carbocycles. The van der Waals surface area contributed by atoms with E-state index in [1.54, 1.807) is 7.11 Å². The fraction of sp³-hybridized carbons (Fsp3) is 0.400. The Morgan fingerprint density at radius 1 is 1.26 bits per heavy atom. The Kier molecular flexibility index (Phi) is 3.62. The summed E-state index contributed by atoms with van der Waals surface area (Å²) in [7, 11) is 3.71. The Morgan fingerprint density at radius 2 is 1.95 bits per heavy atom. The lowest BCUT2D eigenvalue weighted by Gasteiger charge is -2.16. The van der Waals surface area contributed by atoms with Crippen LogP contribution < -0.4 is 10.5 Å². The second-order valence-corrected chi connectivity index (χ2v) is 4.88. The van der Waals surface area contributed by atoms with Crippen molar-refractivity contribution in [1.29, 1.82) is 0 Å². The summed E-state index contributed by atoms with van der Waals surface area (Å²) < 4.78 is 7.49. The van der Waals surface area contributed by atoms with Gasteiger partial charge in [0.2, 0.25) is 0 Å². The molecule has 0 radical (unpaired) electrons. The summed E-state index contributed by atoms with van der Waals surface area (Å²) in [6.07, 6.45) is 1.81. The van der Waals surface area contributed by atoms with Gasteiger partial charge in [-0.3, -0.25) is 0 Å². The molecule has 102 valence electrons. The second kappa shape index (κ2) is 5.05. The van der Waals surface area contributed by atoms with Gasteiger partial charge in [-0.2, -0.15) is 0 Å². The van der Waals surface area contributed by atoms with Crippen molar-refractivity contribution >= 4 is 0 Å². The summed E-state index contributed by atoms with van der Waals surface area (Å²) >= 11 is 0. The second-order valence-electron chi connectivity index (χ2n) is 4.88. The zero-order valence-electron chi connectivity index (χ0n) is 12.2. The summed E-state index contributed by atoms with van der Waals surface area (Å²) in [5.41, 5.74) is 12.5.